The number of rotatable bonds is 10. The Morgan fingerprint density at radius 2 is 1.97 bits per heavy atom. The largest absolute Gasteiger partial charge is 0.359 e. The Hall–Kier alpha value is -4.71. The molecular weight excluding hydrogens is 485 g/mol. The molecule has 0 saturated heterocycles. The number of halogens is 1. The number of hydrogen-bond donors (Lipinski definition) is 3. The molecule has 0 spiro atoms. The van der Waals surface area contributed by atoms with E-state index in [1.165, 1.54) is 12.1 Å². The van der Waals surface area contributed by atoms with Gasteiger partial charge in [-0.15, -0.1) is 0 Å². The number of nitrogens with one attached hydrogen (secondary N) is 3. The molecule has 3 N–H and O–H groups in total. The number of fused-ring (bicyclic) bond motifs is 1. The van der Waals surface area contributed by atoms with E-state index in [1.54, 1.807) is 18.3 Å². The van der Waals surface area contributed by atoms with Gasteiger partial charge in [0.05, 0.1) is 11.0 Å². The summed E-state index contributed by atoms with van der Waals surface area (Å²) >= 11 is 0. The predicted molar refractivity (Wildman–Crippen MR) is 161 cm³/mol. The summed E-state index contributed by atoms with van der Waals surface area (Å²) in [6.07, 6.45) is 13.4. The van der Waals surface area contributed by atoms with Crippen LogP contribution >= 0.6 is 0 Å². The van der Waals surface area contributed by atoms with Crippen molar-refractivity contribution in [3.8, 4) is 22.5 Å². The Morgan fingerprint density at radius 1 is 1.15 bits per heavy atom. The van der Waals surface area contributed by atoms with Crippen LogP contribution in [0.15, 0.2) is 103 Å². The summed E-state index contributed by atoms with van der Waals surface area (Å²) in [4.78, 5) is 7.91. The molecule has 1 aromatic carbocycles. The molecule has 4 rings (SSSR count). The number of aromatic amines is 2. The van der Waals surface area contributed by atoms with Gasteiger partial charge in [0.15, 0.2) is 0 Å². The number of H-pyrrole nitrogens is 2. The van der Waals surface area contributed by atoms with E-state index in [4.69, 9.17) is 0 Å². The molecule has 0 amide bonds. The summed E-state index contributed by atoms with van der Waals surface area (Å²) in [5.41, 5.74) is 7.49. The van der Waals surface area contributed by atoms with E-state index in [-0.39, 0.29) is 5.82 Å². The number of benzene rings is 1. The van der Waals surface area contributed by atoms with E-state index in [0.717, 1.165) is 73.9 Å². The van der Waals surface area contributed by atoms with Gasteiger partial charge in [-0.3, -0.25) is 5.10 Å². The van der Waals surface area contributed by atoms with Crippen LogP contribution in [0, 0.1) is 5.82 Å². The van der Waals surface area contributed by atoms with Crippen molar-refractivity contribution in [2.24, 2.45) is 0 Å². The molecule has 0 radical (unpaired) electrons. The van der Waals surface area contributed by atoms with E-state index in [2.05, 4.69) is 52.1 Å². The Labute approximate surface area is 228 Å². The van der Waals surface area contributed by atoms with Gasteiger partial charge in [-0.2, -0.15) is 5.10 Å². The Kier molecular flexibility index (Phi) is 8.56. The van der Waals surface area contributed by atoms with Crippen molar-refractivity contribution >= 4 is 23.2 Å². The van der Waals surface area contributed by atoms with Crippen molar-refractivity contribution < 1.29 is 4.39 Å². The van der Waals surface area contributed by atoms with Gasteiger partial charge in [0.1, 0.15) is 17.2 Å². The molecule has 39 heavy (non-hydrogen) atoms. The molecule has 6 heteroatoms. The number of allylic oxidation sites excluding steroid dienone is 6. The van der Waals surface area contributed by atoms with E-state index in [0.29, 0.717) is 5.65 Å². The van der Waals surface area contributed by atoms with Crippen LogP contribution in [0.5, 0.6) is 0 Å². The Bertz CT molecular complexity index is 1730. The lowest BCUT2D eigenvalue weighted by Gasteiger charge is -2.11. The molecule has 0 fully saturated rings. The minimum absolute atomic E-state index is 0.280. The van der Waals surface area contributed by atoms with Crippen LogP contribution in [-0.2, 0) is 0 Å². The summed E-state index contributed by atoms with van der Waals surface area (Å²) < 4.78 is 14.0. The summed E-state index contributed by atoms with van der Waals surface area (Å²) in [7, 11) is 0. The monoisotopic (exact) mass is 519 g/mol. The van der Waals surface area contributed by atoms with E-state index in [9.17, 15) is 4.39 Å². The highest BCUT2D eigenvalue weighted by Gasteiger charge is 2.14. The average Bonchev–Trinajstić information content (AvgIpc) is 3.54. The Morgan fingerprint density at radius 3 is 2.67 bits per heavy atom. The fourth-order valence-electron chi connectivity index (χ4n) is 4.50. The molecule has 0 unspecified atom stereocenters. The van der Waals surface area contributed by atoms with Gasteiger partial charge in [0.2, 0.25) is 0 Å². The van der Waals surface area contributed by atoms with Gasteiger partial charge in [0.25, 0.3) is 0 Å². The van der Waals surface area contributed by atoms with Gasteiger partial charge in [-0.25, -0.2) is 9.37 Å². The maximum atomic E-state index is 14.0. The fraction of sp³-hybridized carbons (Fsp3) is 0.152. The van der Waals surface area contributed by atoms with Crippen LogP contribution in [0.3, 0.4) is 0 Å². The van der Waals surface area contributed by atoms with Crippen molar-refractivity contribution in [1.82, 2.24) is 25.5 Å². The standard InChI is InChI=1S/C33H34FN5/c1-7-12-22(6)36-26(9-3)19-23(8-2)21(5)17-29-30(10-4)38-39-32(29)31-20-28-27(15-16-35-33(28)37-31)24-13-11-14-25(34)18-24/h8-11,13-20,36,38H,3,5-7,12H2,1-2,4H3,(H,35,37)/b23-8+,26-19+,29-17+,30-10+. The minimum Gasteiger partial charge on any atom is -0.359 e. The van der Waals surface area contributed by atoms with E-state index in [1.807, 2.05) is 56.4 Å². The lowest BCUT2D eigenvalue weighted by atomic mass is 10.0. The maximum Gasteiger partial charge on any atom is 0.138 e. The van der Waals surface area contributed by atoms with Crippen LogP contribution in [-0.4, -0.2) is 20.2 Å². The van der Waals surface area contributed by atoms with Gasteiger partial charge < -0.3 is 10.3 Å². The first-order valence-corrected chi connectivity index (χ1v) is 13.0. The van der Waals surface area contributed by atoms with Crippen molar-refractivity contribution in [2.45, 2.75) is 33.6 Å². The normalized spacial score (nSPS) is 13.2. The SMILES string of the molecule is C=C/C(=C\C(=C/C)C(=C)/C=c1/c(-c2cc3c(-c4cccc(F)c4)ccnc3[nH]2)n[nH]/c1=C/C)NC(=C)CCC. The summed E-state index contributed by atoms with van der Waals surface area (Å²) in [5.74, 6) is -0.280. The van der Waals surface area contributed by atoms with Gasteiger partial charge in [0, 0.05) is 28.2 Å². The third kappa shape index (κ3) is 6.07. The number of nitrogens with zero attached hydrogens (tertiary/aromatic N) is 2. The second kappa shape index (κ2) is 12.2. The molecule has 4 aromatic rings. The van der Waals surface area contributed by atoms with Gasteiger partial charge >= 0.3 is 0 Å². The first-order valence-electron chi connectivity index (χ1n) is 13.0. The van der Waals surface area contributed by atoms with Crippen molar-refractivity contribution in [3.63, 3.8) is 0 Å². The second-order valence-corrected chi connectivity index (χ2v) is 9.20. The summed E-state index contributed by atoms with van der Waals surface area (Å²) in [6, 6.07) is 10.5. The average molecular weight is 520 g/mol. The molecule has 0 saturated carbocycles. The van der Waals surface area contributed by atoms with Crippen molar-refractivity contribution in [3.05, 3.63) is 119 Å². The third-order valence-electron chi connectivity index (χ3n) is 6.45. The first-order chi connectivity index (χ1) is 18.9. The van der Waals surface area contributed by atoms with Crippen LogP contribution in [0.25, 0.3) is 45.7 Å². The molecule has 3 heterocycles. The van der Waals surface area contributed by atoms with Crippen LogP contribution in [0.1, 0.15) is 33.6 Å². The lowest BCUT2D eigenvalue weighted by molar-refractivity contribution is 0.628. The van der Waals surface area contributed by atoms with Crippen LogP contribution < -0.4 is 15.9 Å². The molecule has 0 aliphatic carbocycles. The summed E-state index contributed by atoms with van der Waals surface area (Å²) in [6.45, 7) is 18.4. The molecular formula is C33H34FN5. The minimum atomic E-state index is -0.280. The molecule has 0 aliphatic rings. The number of pyridine rings is 1. The second-order valence-electron chi connectivity index (χ2n) is 9.20. The number of hydrogen-bond acceptors (Lipinski definition) is 3. The highest BCUT2D eigenvalue weighted by atomic mass is 19.1. The fourth-order valence-corrected chi connectivity index (χ4v) is 4.50. The molecule has 3 aromatic heterocycles. The maximum absolute atomic E-state index is 14.0. The lowest BCUT2D eigenvalue weighted by Crippen LogP contribution is -2.23. The number of aromatic nitrogens is 4. The Balaban J connectivity index is 1.78. The smallest absolute Gasteiger partial charge is 0.138 e. The van der Waals surface area contributed by atoms with E-state index < -0.39 is 0 Å². The van der Waals surface area contributed by atoms with Crippen LogP contribution in [0.2, 0.25) is 0 Å². The van der Waals surface area contributed by atoms with Gasteiger partial charge in [-0.05, 0) is 85.0 Å². The van der Waals surface area contributed by atoms with Crippen molar-refractivity contribution in [2.75, 3.05) is 0 Å². The summed E-state index contributed by atoms with van der Waals surface area (Å²) in [5, 5.41) is 13.8. The topological polar surface area (TPSA) is 69.4 Å². The predicted octanol–water partition coefficient (Wildman–Crippen LogP) is 6.82. The molecule has 0 bridgehead atoms. The van der Waals surface area contributed by atoms with Crippen molar-refractivity contribution in [1.29, 1.82) is 0 Å². The molecule has 198 valence electrons. The highest BCUT2D eigenvalue weighted by molar-refractivity contribution is 5.96. The quantitative estimate of drug-likeness (QED) is 0.202. The third-order valence-corrected chi connectivity index (χ3v) is 6.45. The molecule has 0 aliphatic heterocycles. The van der Waals surface area contributed by atoms with E-state index >= 15 is 0 Å². The zero-order chi connectivity index (χ0) is 27.9. The highest BCUT2D eigenvalue weighted by Crippen LogP contribution is 2.30. The van der Waals surface area contributed by atoms with Gasteiger partial charge in [-0.1, -0.05) is 57.4 Å². The molecule has 0 atom stereocenters. The molecule has 5 nitrogen and oxygen atoms in total. The zero-order valence-corrected chi connectivity index (χ0v) is 22.7. The van der Waals surface area contributed by atoms with Crippen LogP contribution in [0.4, 0.5) is 4.39 Å². The zero-order valence-electron chi connectivity index (χ0n) is 22.7. The first kappa shape index (κ1) is 27.3.